The third-order valence-corrected chi connectivity index (χ3v) is 3.25. The Bertz CT molecular complexity index is 454. The van der Waals surface area contributed by atoms with Crippen LogP contribution in [0.3, 0.4) is 0 Å². The van der Waals surface area contributed by atoms with Crippen LogP contribution in [-0.4, -0.2) is 37.2 Å². The molecule has 1 fully saturated rings. The summed E-state index contributed by atoms with van der Waals surface area (Å²) >= 11 is 0. The Morgan fingerprint density at radius 2 is 2.00 bits per heavy atom. The number of morpholine rings is 1. The predicted molar refractivity (Wildman–Crippen MR) is 71.7 cm³/mol. The Kier molecular flexibility index (Phi) is 3.72. The van der Waals surface area contributed by atoms with Gasteiger partial charge in [0.25, 0.3) is 0 Å². The number of anilines is 2. The normalized spacial score (nSPS) is 15.6. The van der Waals surface area contributed by atoms with Crippen LogP contribution in [0.1, 0.15) is 11.1 Å². The summed E-state index contributed by atoms with van der Waals surface area (Å²) in [6.45, 7) is 6.34. The van der Waals surface area contributed by atoms with E-state index in [0.717, 1.165) is 16.8 Å². The molecule has 5 heteroatoms. The summed E-state index contributed by atoms with van der Waals surface area (Å²) in [6.07, 6.45) is 0. The number of nitrogens with one attached hydrogen (secondary N) is 1. The highest BCUT2D eigenvalue weighted by atomic mass is 16.5. The fourth-order valence-corrected chi connectivity index (χ4v) is 2.01. The van der Waals surface area contributed by atoms with Gasteiger partial charge < -0.3 is 20.7 Å². The second kappa shape index (κ2) is 5.27. The molecule has 5 nitrogen and oxygen atoms in total. The minimum absolute atomic E-state index is 0.0879. The molecule has 1 heterocycles. The van der Waals surface area contributed by atoms with Crippen molar-refractivity contribution in [2.75, 3.05) is 37.4 Å². The maximum Gasteiger partial charge on any atom is 0.322 e. The van der Waals surface area contributed by atoms with Crippen LogP contribution >= 0.6 is 0 Å². The van der Waals surface area contributed by atoms with E-state index in [1.54, 1.807) is 4.90 Å². The molecule has 1 aliphatic rings. The van der Waals surface area contributed by atoms with Crippen LogP contribution in [0.2, 0.25) is 0 Å². The van der Waals surface area contributed by atoms with Crippen LogP contribution in [0.25, 0.3) is 0 Å². The van der Waals surface area contributed by atoms with Gasteiger partial charge in [0.15, 0.2) is 0 Å². The van der Waals surface area contributed by atoms with Gasteiger partial charge in [0.2, 0.25) is 0 Å². The molecule has 0 saturated carbocycles. The molecule has 1 aliphatic heterocycles. The van der Waals surface area contributed by atoms with Gasteiger partial charge in [-0.1, -0.05) is 6.07 Å². The number of nitrogens with two attached hydrogens (primary N) is 1. The molecule has 2 amide bonds. The van der Waals surface area contributed by atoms with Gasteiger partial charge in [-0.2, -0.15) is 0 Å². The number of carbonyl (C=O) groups excluding carboxylic acids is 1. The van der Waals surface area contributed by atoms with Crippen molar-refractivity contribution in [3.05, 3.63) is 23.3 Å². The van der Waals surface area contributed by atoms with E-state index in [1.807, 2.05) is 26.0 Å². The maximum atomic E-state index is 12.1. The zero-order valence-electron chi connectivity index (χ0n) is 10.8. The van der Waals surface area contributed by atoms with Crippen LogP contribution in [0.15, 0.2) is 12.1 Å². The van der Waals surface area contributed by atoms with Crippen LogP contribution in [-0.2, 0) is 4.74 Å². The van der Waals surface area contributed by atoms with E-state index in [0.29, 0.717) is 32.0 Å². The number of benzene rings is 1. The molecule has 0 spiro atoms. The first-order chi connectivity index (χ1) is 8.59. The van der Waals surface area contributed by atoms with E-state index in [4.69, 9.17) is 10.5 Å². The van der Waals surface area contributed by atoms with Gasteiger partial charge in [0.05, 0.1) is 18.9 Å². The van der Waals surface area contributed by atoms with Crippen molar-refractivity contribution in [2.24, 2.45) is 0 Å². The first kappa shape index (κ1) is 12.7. The van der Waals surface area contributed by atoms with Crippen LogP contribution in [0.4, 0.5) is 16.2 Å². The molecule has 1 saturated heterocycles. The third kappa shape index (κ3) is 2.56. The molecule has 0 aliphatic carbocycles. The molecule has 1 aromatic carbocycles. The van der Waals surface area contributed by atoms with Gasteiger partial charge in [-0.25, -0.2) is 4.79 Å². The predicted octanol–water partition coefficient (Wildman–Crippen LogP) is 1.75. The van der Waals surface area contributed by atoms with Crippen LogP contribution in [0.5, 0.6) is 0 Å². The van der Waals surface area contributed by atoms with Gasteiger partial charge in [-0.15, -0.1) is 0 Å². The Hall–Kier alpha value is -1.75. The molecule has 0 radical (unpaired) electrons. The smallest absolute Gasteiger partial charge is 0.322 e. The average Bonchev–Trinajstić information content (AvgIpc) is 2.40. The highest BCUT2D eigenvalue weighted by molar-refractivity contribution is 5.92. The van der Waals surface area contributed by atoms with Crippen molar-refractivity contribution in [1.82, 2.24) is 4.90 Å². The lowest BCUT2D eigenvalue weighted by Gasteiger charge is -2.27. The zero-order chi connectivity index (χ0) is 13.1. The largest absolute Gasteiger partial charge is 0.398 e. The molecule has 1 aromatic rings. The van der Waals surface area contributed by atoms with E-state index in [2.05, 4.69) is 5.32 Å². The van der Waals surface area contributed by atoms with Crippen molar-refractivity contribution in [1.29, 1.82) is 0 Å². The molecule has 0 atom stereocenters. The topological polar surface area (TPSA) is 67.6 Å². The first-order valence-electron chi connectivity index (χ1n) is 6.09. The minimum atomic E-state index is -0.0879. The summed E-state index contributed by atoms with van der Waals surface area (Å²) < 4.78 is 5.22. The Morgan fingerprint density at radius 1 is 1.33 bits per heavy atom. The van der Waals surface area contributed by atoms with Gasteiger partial charge in [-0.05, 0) is 31.0 Å². The number of amides is 2. The fourth-order valence-electron chi connectivity index (χ4n) is 2.01. The SMILES string of the molecule is Cc1ccc(N)c(C)c1NC(=O)N1CCOCC1. The Balaban J connectivity index is 2.13. The minimum Gasteiger partial charge on any atom is -0.398 e. The number of ether oxygens (including phenoxy) is 1. The zero-order valence-corrected chi connectivity index (χ0v) is 10.8. The van der Waals surface area contributed by atoms with Crippen LogP contribution < -0.4 is 11.1 Å². The second-order valence-electron chi connectivity index (χ2n) is 4.50. The molecule has 0 bridgehead atoms. The van der Waals surface area contributed by atoms with Gasteiger partial charge in [0, 0.05) is 18.8 Å². The number of rotatable bonds is 1. The quantitative estimate of drug-likeness (QED) is 0.745. The van der Waals surface area contributed by atoms with E-state index < -0.39 is 0 Å². The number of nitrogen functional groups attached to an aromatic ring is 1. The van der Waals surface area contributed by atoms with Crippen molar-refractivity contribution in [2.45, 2.75) is 13.8 Å². The molecular weight excluding hydrogens is 230 g/mol. The standard InChI is InChI=1S/C13H19N3O2/c1-9-3-4-11(14)10(2)12(9)15-13(17)16-5-7-18-8-6-16/h3-4H,5-8,14H2,1-2H3,(H,15,17). The lowest BCUT2D eigenvalue weighted by Crippen LogP contribution is -2.43. The van der Waals surface area contributed by atoms with Crippen molar-refractivity contribution in [3.63, 3.8) is 0 Å². The van der Waals surface area contributed by atoms with E-state index in [1.165, 1.54) is 0 Å². The number of aryl methyl sites for hydroxylation is 1. The number of hydrogen-bond donors (Lipinski definition) is 2. The average molecular weight is 249 g/mol. The summed E-state index contributed by atoms with van der Waals surface area (Å²) in [5.74, 6) is 0. The lowest BCUT2D eigenvalue weighted by atomic mass is 10.1. The molecule has 2 rings (SSSR count). The van der Waals surface area contributed by atoms with E-state index in [9.17, 15) is 4.79 Å². The number of hydrogen-bond acceptors (Lipinski definition) is 3. The fraction of sp³-hybridized carbons (Fsp3) is 0.462. The summed E-state index contributed by atoms with van der Waals surface area (Å²) in [7, 11) is 0. The molecule has 98 valence electrons. The van der Waals surface area contributed by atoms with Gasteiger partial charge in [-0.3, -0.25) is 0 Å². The Morgan fingerprint density at radius 3 is 2.67 bits per heavy atom. The van der Waals surface area contributed by atoms with E-state index >= 15 is 0 Å². The van der Waals surface area contributed by atoms with Crippen LogP contribution in [0, 0.1) is 13.8 Å². The van der Waals surface area contributed by atoms with Gasteiger partial charge >= 0.3 is 6.03 Å². The number of nitrogens with zero attached hydrogens (tertiary/aromatic N) is 1. The van der Waals surface area contributed by atoms with Gasteiger partial charge in [0.1, 0.15) is 0 Å². The highest BCUT2D eigenvalue weighted by Gasteiger charge is 2.18. The summed E-state index contributed by atoms with van der Waals surface area (Å²) in [5, 5.41) is 2.94. The monoisotopic (exact) mass is 249 g/mol. The molecule has 0 unspecified atom stereocenters. The van der Waals surface area contributed by atoms with Crippen molar-refractivity contribution >= 4 is 17.4 Å². The summed E-state index contributed by atoms with van der Waals surface area (Å²) in [5.41, 5.74) is 9.29. The number of carbonyl (C=O) groups is 1. The van der Waals surface area contributed by atoms with E-state index in [-0.39, 0.29) is 6.03 Å². The molecule has 0 aromatic heterocycles. The molecular formula is C13H19N3O2. The molecule has 3 N–H and O–H groups in total. The summed E-state index contributed by atoms with van der Waals surface area (Å²) in [6, 6.07) is 3.68. The Labute approximate surface area is 107 Å². The number of urea groups is 1. The van der Waals surface area contributed by atoms with Crippen molar-refractivity contribution < 1.29 is 9.53 Å². The first-order valence-corrected chi connectivity index (χ1v) is 6.09. The third-order valence-electron chi connectivity index (χ3n) is 3.25. The van der Waals surface area contributed by atoms with Crippen molar-refractivity contribution in [3.8, 4) is 0 Å². The highest BCUT2D eigenvalue weighted by Crippen LogP contribution is 2.25. The molecule has 18 heavy (non-hydrogen) atoms. The lowest BCUT2D eigenvalue weighted by molar-refractivity contribution is 0.0564. The summed E-state index contributed by atoms with van der Waals surface area (Å²) in [4.78, 5) is 13.9. The second-order valence-corrected chi connectivity index (χ2v) is 4.50. The maximum absolute atomic E-state index is 12.1.